The van der Waals surface area contributed by atoms with Crippen LogP contribution in [0.1, 0.15) is 150 Å². The average molecular weight is 495 g/mol. The van der Waals surface area contributed by atoms with Crippen LogP contribution in [0.25, 0.3) is 0 Å². The van der Waals surface area contributed by atoms with Gasteiger partial charge >= 0.3 is 5.97 Å². The largest absolute Gasteiger partial charge is 0.466 e. The van der Waals surface area contributed by atoms with Crippen molar-refractivity contribution in [1.29, 1.82) is 0 Å². The van der Waals surface area contributed by atoms with E-state index in [4.69, 9.17) is 4.74 Å². The Morgan fingerprint density at radius 3 is 1.88 bits per heavy atom. The van der Waals surface area contributed by atoms with Crippen LogP contribution in [0.15, 0.2) is 11.6 Å². The van der Waals surface area contributed by atoms with E-state index in [0.717, 1.165) is 12.2 Å². The second-order valence-corrected chi connectivity index (χ2v) is 12.3. The maximum atomic E-state index is 12.0. The molecule has 1 aliphatic rings. The van der Waals surface area contributed by atoms with Gasteiger partial charge in [0.15, 0.2) is 0 Å². The molecule has 0 heterocycles. The van der Waals surface area contributed by atoms with E-state index in [0.29, 0.717) is 30.1 Å². The van der Waals surface area contributed by atoms with Gasteiger partial charge in [-0.1, -0.05) is 136 Å². The van der Waals surface area contributed by atoms with Crippen LogP contribution in [0.4, 0.5) is 0 Å². The first kappa shape index (κ1) is 31.6. The summed E-state index contributed by atoms with van der Waals surface area (Å²) >= 11 is 1.94. The van der Waals surface area contributed by atoms with E-state index in [1.807, 2.05) is 11.8 Å². The van der Waals surface area contributed by atoms with Crippen molar-refractivity contribution in [2.45, 2.75) is 155 Å². The third-order valence-corrected chi connectivity index (χ3v) is 8.87. The summed E-state index contributed by atoms with van der Waals surface area (Å²) in [5.74, 6) is 2.24. The Balaban J connectivity index is 1.85. The molecule has 3 heteroatoms. The third-order valence-electron chi connectivity index (χ3n) is 7.45. The lowest BCUT2D eigenvalue weighted by atomic mass is 9.86. The Hall–Kier alpha value is -0.440. The smallest absolute Gasteiger partial charge is 0.306 e. The molecule has 0 saturated heterocycles. The highest BCUT2D eigenvalue weighted by Gasteiger charge is 2.22. The molecule has 0 saturated carbocycles. The summed E-state index contributed by atoms with van der Waals surface area (Å²) < 4.78 is 5.47. The van der Waals surface area contributed by atoms with Crippen molar-refractivity contribution >= 4 is 17.7 Å². The van der Waals surface area contributed by atoms with E-state index in [1.54, 1.807) is 5.57 Å². The van der Waals surface area contributed by atoms with Crippen molar-refractivity contribution in [2.24, 2.45) is 11.8 Å². The summed E-state index contributed by atoms with van der Waals surface area (Å²) in [4.78, 5) is 12.0. The van der Waals surface area contributed by atoms with Crippen LogP contribution in [0, 0.1) is 11.8 Å². The first-order valence-electron chi connectivity index (χ1n) is 15.0. The van der Waals surface area contributed by atoms with E-state index in [9.17, 15) is 4.79 Å². The lowest BCUT2D eigenvalue weighted by molar-refractivity contribution is -0.143. The minimum atomic E-state index is -0.00927. The molecule has 0 spiro atoms. The van der Waals surface area contributed by atoms with Gasteiger partial charge in [0.1, 0.15) is 0 Å². The fourth-order valence-electron chi connectivity index (χ4n) is 4.90. The average Bonchev–Trinajstić information content (AvgIpc) is 2.82. The van der Waals surface area contributed by atoms with Crippen molar-refractivity contribution in [3.8, 4) is 0 Å². The quantitative estimate of drug-likeness (QED) is 0.0850. The van der Waals surface area contributed by atoms with Crippen molar-refractivity contribution in [3.63, 3.8) is 0 Å². The molecular formula is C31H58O2S. The monoisotopic (exact) mass is 494 g/mol. The van der Waals surface area contributed by atoms with Crippen LogP contribution in [-0.4, -0.2) is 23.6 Å². The van der Waals surface area contributed by atoms with Crippen molar-refractivity contribution in [1.82, 2.24) is 0 Å². The van der Waals surface area contributed by atoms with Crippen molar-refractivity contribution in [3.05, 3.63) is 11.6 Å². The molecule has 0 aromatic rings. The van der Waals surface area contributed by atoms with Crippen LogP contribution < -0.4 is 0 Å². The van der Waals surface area contributed by atoms with Gasteiger partial charge in [0.25, 0.3) is 0 Å². The zero-order valence-corrected chi connectivity index (χ0v) is 24.2. The van der Waals surface area contributed by atoms with Crippen LogP contribution in [0.3, 0.4) is 0 Å². The Morgan fingerprint density at radius 1 is 0.882 bits per heavy atom. The fourth-order valence-corrected chi connectivity index (χ4v) is 6.19. The summed E-state index contributed by atoms with van der Waals surface area (Å²) in [6.07, 6.45) is 27.5. The lowest BCUT2D eigenvalue weighted by Crippen LogP contribution is -2.20. The van der Waals surface area contributed by atoms with Gasteiger partial charge in [0.05, 0.1) is 13.0 Å². The molecule has 2 unspecified atom stereocenters. The van der Waals surface area contributed by atoms with Gasteiger partial charge in [0, 0.05) is 11.0 Å². The minimum absolute atomic E-state index is 0.00927. The number of rotatable bonds is 22. The van der Waals surface area contributed by atoms with Crippen LogP contribution in [0.5, 0.6) is 0 Å². The van der Waals surface area contributed by atoms with E-state index >= 15 is 0 Å². The van der Waals surface area contributed by atoms with E-state index in [2.05, 4.69) is 33.8 Å². The van der Waals surface area contributed by atoms with Gasteiger partial charge in [-0.05, 0) is 31.1 Å². The molecule has 0 N–H and O–H groups in total. The number of hydrogen-bond acceptors (Lipinski definition) is 3. The number of carbonyl (C=O) groups excluding carboxylic acids is 1. The Bertz CT molecular complexity index is 514. The van der Waals surface area contributed by atoms with E-state index < -0.39 is 0 Å². The number of hydrogen-bond donors (Lipinski definition) is 0. The lowest BCUT2D eigenvalue weighted by Gasteiger charge is -2.28. The molecule has 1 aliphatic carbocycles. The third kappa shape index (κ3) is 17.1. The zero-order chi connectivity index (χ0) is 24.9. The molecule has 2 nitrogen and oxygen atoms in total. The molecule has 0 radical (unpaired) electrons. The highest BCUT2D eigenvalue weighted by Crippen LogP contribution is 2.34. The predicted molar refractivity (Wildman–Crippen MR) is 153 cm³/mol. The highest BCUT2D eigenvalue weighted by atomic mass is 32.2. The topological polar surface area (TPSA) is 26.3 Å². The summed E-state index contributed by atoms with van der Waals surface area (Å²) in [6, 6.07) is 0. The van der Waals surface area contributed by atoms with Gasteiger partial charge in [-0.3, -0.25) is 4.79 Å². The number of carbonyl (C=O) groups is 1. The molecular weight excluding hydrogens is 436 g/mol. The molecule has 1 rings (SSSR count). The SMILES string of the molecule is CCCCCCCCCCCCCCCCCCOC(=O)CCSC1C=C(C(C)C)CCC1C. The van der Waals surface area contributed by atoms with E-state index in [-0.39, 0.29) is 5.97 Å². The second-order valence-electron chi connectivity index (χ2n) is 11.0. The Labute approximate surface area is 217 Å². The molecule has 0 aromatic heterocycles. The predicted octanol–water partition coefficient (Wildman–Crippen LogP) is 10.3. The van der Waals surface area contributed by atoms with Gasteiger partial charge in [-0.25, -0.2) is 0 Å². The molecule has 0 amide bonds. The van der Waals surface area contributed by atoms with Crippen molar-refractivity contribution in [2.75, 3.05) is 12.4 Å². The first-order chi connectivity index (χ1) is 16.5. The molecule has 0 fully saturated rings. The normalized spacial score (nSPS) is 18.3. The zero-order valence-electron chi connectivity index (χ0n) is 23.4. The summed E-state index contributed by atoms with van der Waals surface area (Å²) in [5, 5.41) is 0.569. The van der Waals surface area contributed by atoms with Crippen molar-refractivity contribution < 1.29 is 9.53 Å². The maximum absolute atomic E-state index is 12.0. The van der Waals surface area contributed by atoms with Crippen LogP contribution in [0.2, 0.25) is 0 Å². The van der Waals surface area contributed by atoms with Crippen LogP contribution >= 0.6 is 11.8 Å². The van der Waals surface area contributed by atoms with E-state index in [1.165, 1.54) is 109 Å². The maximum Gasteiger partial charge on any atom is 0.306 e. The fraction of sp³-hybridized carbons (Fsp3) is 0.903. The number of esters is 1. The number of unbranched alkanes of at least 4 members (excludes halogenated alkanes) is 15. The summed E-state index contributed by atoms with van der Waals surface area (Å²) in [6.45, 7) is 9.83. The van der Waals surface area contributed by atoms with Crippen LogP contribution in [-0.2, 0) is 9.53 Å². The number of thioether (sulfide) groups is 1. The second kappa shape index (κ2) is 21.8. The molecule has 0 aliphatic heterocycles. The molecule has 34 heavy (non-hydrogen) atoms. The Kier molecular flexibility index (Phi) is 20.3. The standard InChI is InChI=1S/C31H58O2S/c1-5-6-7-8-9-10-11-12-13-14-15-16-17-18-19-20-24-33-31(32)23-25-34-30-26-29(27(2)3)22-21-28(30)4/h26-28,30H,5-25H2,1-4H3. The highest BCUT2D eigenvalue weighted by molar-refractivity contribution is 8.00. The molecule has 0 bridgehead atoms. The summed E-state index contributed by atoms with van der Waals surface area (Å²) in [5.41, 5.74) is 1.60. The molecule has 2 atom stereocenters. The minimum Gasteiger partial charge on any atom is -0.466 e. The van der Waals surface area contributed by atoms with Gasteiger partial charge < -0.3 is 4.74 Å². The van der Waals surface area contributed by atoms with Gasteiger partial charge in [0.2, 0.25) is 0 Å². The number of allylic oxidation sites excluding steroid dienone is 1. The summed E-state index contributed by atoms with van der Waals surface area (Å²) in [7, 11) is 0. The number of ether oxygens (including phenoxy) is 1. The van der Waals surface area contributed by atoms with Gasteiger partial charge in [-0.2, -0.15) is 11.8 Å². The Morgan fingerprint density at radius 2 is 1.38 bits per heavy atom. The first-order valence-corrected chi connectivity index (χ1v) is 16.1. The molecule has 200 valence electrons. The van der Waals surface area contributed by atoms with Gasteiger partial charge in [-0.15, -0.1) is 0 Å². The molecule has 0 aromatic carbocycles.